The lowest BCUT2D eigenvalue weighted by Gasteiger charge is -2.32. The van der Waals surface area contributed by atoms with E-state index in [4.69, 9.17) is 16.3 Å². The summed E-state index contributed by atoms with van der Waals surface area (Å²) in [7, 11) is 1.40. The molecule has 0 spiro atoms. The Balaban J connectivity index is 1.46. The summed E-state index contributed by atoms with van der Waals surface area (Å²) in [4.78, 5) is 14.1. The van der Waals surface area contributed by atoms with Gasteiger partial charge in [-0.15, -0.1) is 0 Å². The molecule has 0 amide bonds. The maximum Gasteiger partial charge on any atom is 0.337 e. The molecule has 1 saturated heterocycles. The quantitative estimate of drug-likeness (QED) is 0.609. The maximum absolute atomic E-state index is 11.6. The molecule has 0 aliphatic carbocycles. The summed E-state index contributed by atoms with van der Waals surface area (Å²) in [6.45, 7) is 2.91. The van der Waals surface area contributed by atoms with Crippen molar-refractivity contribution in [1.82, 2.24) is 15.1 Å². The monoisotopic (exact) mass is 409 g/mol. The lowest BCUT2D eigenvalue weighted by Crippen LogP contribution is -2.34. The van der Waals surface area contributed by atoms with Gasteiger partial charge in [-0.25, -0.2) is 4.79 Å². The summed E-state index contributed by atoms with van der Waals surface area (Å²) in [5, 5.41) is 8.29. The van der Waals surface area contributed by atoms with Crippen molar-refractivity contribution >= 4 is 17.6 Å². The number of rotatable bonds is 5. The number of carbonyl (C=O) groups is 1. The minimum Gasteiger partial charge on any atom is -0.465 e. The highest BCUT2D eigenvalue weighted by Gasteiger charge is 2.25. The molecule has 0 saturated carbocycles. The second kappa shape index (κ2) is 8.80. The largest absolute Gasteiger partial charge is 0.465 e. The Morgan fingerprint density at radius 3 is 2.69 bits per heavy atom. The van der Waals surface area contributed by atoms with Crippen molar-refractivity contribution in [3.05, 3.63) is 76.6 Å². The third kappa shape index (κ3) is 4.52. The number of nitrogens with zero attached hydrogens (tertiary/aromatic N) is 2. The minimum atomic E-state index is -0.302. The standard InChI is InChI=1S/C23H24ClN3O2/c1-29-23(28)18-6-4-16(5-7-18)14-27-12-2-3-19(15-27)22-21(13-25-26-22)17-8-10-20(24)11-9-17/h4-11,13,19H,2-3,12,14-15H2,1H3,(H,25,26)/t19-/m1/s1. The number of aromatic nitrogens is 2. The van der Waals surface area contributed by atoms with Crippen molar-refractivity contribution in [3.8, 4) is 11.1 Å². The number of esters is 1. The second-order valence-corrected chi connectivity index (χ2v) is 7.90. The van der Waals surface area contributed by atoms with Gasteiger partial charge in [0.1, 0.15) is 0 Å². The number of aromatic amines is 1. The average molecular weight is 410 g/mol. The molecule has 0 radical (unpaired) electrons. The minimum absolute atomic E-state index is 0.302. The Kier molecular flexibility index (Phi) is 5.97. The second-order valence-electron chi connectivity index (χ2n) is 7.47. The molecular formula is C23H24ClN3O2. The van der Waals surface area contributed by atoms with Gasteiger partial charge in [-0.3, -0.25) is 10.00 Å². The van der Waals surface area contributed by atoms with Gasteiger partial charge < -0.3 is 4.74 Å². The van der Waals surface area contributed by atoms with E-state index in [0.29, 0.717) is 11.5 Å². The predicted octanol–water partition coefficient (Wildman–Crippen LogP) is 4.90. The maximum atomic E-state index is 11.6. The third-order valence-corrected chi connectivity index (χ3v) is 5.77. The van der Waals surface area contributed by atoms with Gasteiger partial charge in [0.25, 0.3) is 0 Å². The molecule has 5 nitrogen and oxygen atoms in total. The van der Waals surface area contributed by atoms with Crippen LogP contribution in [0.1, 0.15) is 40.4 Å². The van der Waals surface area contributed by atoms with Gasteiger partial charge in [-0.2, -0.15) is 5.10 Å². The molecule has 0 bridgehead atoms. The van der Waals surface area contributed by atoms with Crippen LogP contribution >= 0.6 is 11.6 Å². The molecule has 3 aromatic rings. The van der Waals surface area contributed by atoms with Crippen LogP contribution in [0, 0.1) is 0 Å². The molecule has 1 atom stereocenters. The van der Waals surface area contributed by atoms with Crippen molar-refractivity contribution in [2.45, 2.75) is 25.3 Å². The molecule has 0 unspecified atom stereocenters. The van der Waals surface area contributed by atoms with E-state index in [1.54, 1.807) is 0 Å². The Bertz CT molecular complexity index is 967. The van der Waals surface area contributed by atoms with E-state index in [0.717, 1.165) is 48.6 Å². The first-order chi connectivity index (χ1) is 14.1. The van der Waals surface area contributed by atoms with Crippen molar-refractivity contribution in [2.24, 2.45) is 0 Å². The fourth-order valence-electron chi connectivity index (χ4n) is 4.02. The number of H-pyrrole nitrogens is 1. The smallest absolute Gasteiger partial charge is 0.337 e. The number of hydrogen-bond acceptors (Lipinski definition) is 4. The van der Waals surface area contributed by atoms with E-state index < -0.39 is 0 Å². The van der Waals surface area contributed by atoms with Crippen LogP contribution in [0.15, 0.2) is 54.7 Å². The number of ether oxygens (including phenoxy) is 1. The first-order valence-electron chi connectivity index (χ1n) is 9.83. The number of carbonyl (C=O) groups excluding carboxylic acids is 1. The molecule has 1 fully saturated rings. The number of likely N-dealkylation sites (tertiary alicyclic amines) is 1. The molecule has 6 heteroatoms. The Morgan fingerprint density at radius 2 is 1.97 bits per heavy atom. The SMILES string of the molecule is COC(=O)c1ccc(CN2CCC[C@@H](c3[nH]ncc3-c3ccc(Cl)cc3)C2)cc1. The molecule has 2 aromatic carbocycles. The van der Waals surface area contributed by atoms with Crippen LogP contribution in [0.5, 0.6) is 0 Å². The van der Waals surface area contributed by atoms with Crippen molar-refractivity contribution < 1.29 is 9.53 Å². The molecule has 150 valence electrons. The summed E-state index contributed by atoms with van der Waals surface area (Å²) >= 11 is 6.04. The van der Waals surface area contributed by atoms with Crippen LogP contribution in [0.4, 0.5) is 0 Å². The van der Waals surface area contributed by atoms with Crippen LogP contribution in [0.2, 0.25) is 5.02 Å². The molecule has 1 aliphatic heterocycles. The Hall–Kier alpha value is -2.63. The highest BCUT2D eigenvalue weighted by atomic mass is 35.5. The van der Waals surface area contributed by atoms with E-state index in [1.807, 2.05) is 54.7 Å². The number of benzene rings is 2. The zero-order valence-corrected chi connectivity index (χ0v) is 17.2. The van der Waals surface area contributed by atoms with Crippen LogP contribution in [-0.4, -0.2) is 41.3 Å². The summed E-state index contributed by atoms with van der Waals surface area (Å²) in [5.41, 5.74) is 5.25. The average Bonchev–Trinajstić information content (AvgIpc) is 3.24. The molecule has 2 heterocycles. The lowest BCUT2D eigenvalue weighted by atomic mass is 9.90. The van der Waals surface area contributed by atoms with Crippen LogP contribution in [0.25, 0.3) is 11.1 Å². The van der Waals surface area contributed by atoms with Gasteiger partial charge in [0, 0.05) is 35.3 Å². The number of piperidine rings is 1. The van der Waals surface area contributed by atoms with Crippen molar-refractivity contribution in [1.29, 1.82) is 0 Å². The number of halogens is 1. The summed E-state index contributed by atoms with van der Waals surface area (Å²) in [6.07, 6.45) is 4.19. The number of methoxy groups -OCH3 is 1. The molecular weight excluding hydrogens is 386 g/mol. The highest BCUT2D eigenvalue weighted by molar-refractivity contribution is 6.30. The lowest BCUT2D eigenvalue weighted by molar-refractivity contribution is 0.0600. The first-order valence-corrected chi connectivity index (χ1v) is 10.2. The first kappa shape index (κ1) is 19.7. The van der Waals surface area contributed by atoms with Crippen LogP contribution < -0.4 is 0 Å². The predicted molar refractivity (Wildman–Crippen MR) is 114 cm³/mol. The topological polar surface area (TPSA) is 58.2 Å². The molecule has 1 aromatic heterocycles. The fraction of sp³-hybridized carbons (Fsp3) is 0.304. The van der Waals surface area contributed by atoms with Gasteiger partial charge >= 0.3 is 5.97 Å². The van der Waals surface area contributed by atoms with E-state index in [2.05, 4.69) is 15.1 Å². The van der Waals surface area contributed by atoms with E-state index in [-0.39, 0.29) is 5.97 Å². The molecule has 1 aliphatic rings. The van der Waals surface area contributed by atoms with E-state index in [1.165, 1.54) is 18.4 Å². The van der Waals surface area contributed by atoms with Crippen molar-refractivity contribution in [3.63, 3.8) is 0 Å². The van der Waals surface area contributed by atoms with E-state index >= 15 is 0 Å². The summed E-state index contributed by atoms with van der Waals surface area (Å²) in [6, 6.07) is 15.6. The fourth-order valence-corrected chi connectivity index (χ4v) is 4.15. The summed E-state index contributed by atoms with van der Waals surface area (Å²) in [5.74, 6) is 0.106. The zero-order chi connectivity index (χ0) is 20.2. The Labute approximate surface area is 175 Å². The van der Waals surface area contributed by atoms with E-state index in [9.17, 15) is 4.79 Å². The molecule has 1 N–H and O–H groups in total. The van der Waals surface area contributed by atoms with Gasteiger partial charge in [-0.1, -0.05) is 35.9 Å². The van der Waals surface area contributed by atoms with Gasteiger partial charge in [0.15, 0.2) is 0 Å². The molecule has 29 heavy (non-hydrogen) atoms. The van der Waals surface area contributed by atoms with Crippen LogP contribution in [0.3, 0.4) is 0 Å². The van der Waals surface area contributed by atoms with Crippen LogP contribution in [-0.2, 0) is 11.3 Å². The molecule has 4 rings (SSSR count). The third-order valence-electron chi connectivity index (χ3n) is 5.52. The Morgan fingerprint density at radius 1 is 1.21 bits per heavy atom. The highest BCUT2D eigenvalue weighted by Crippen LogP contribution is 2.33. The zero-order valence-electron chi connectivity index (χ0n) is 16.4. The normalized spacial score (nSPS) is 17.2. The van der Waals surface area contributed by atoms with Gasteiger partial charge in [-0.05, 0) is 54.8 Å². The van der Waals surface area contributed by atoms with Gasteiger partial charge in [0.2, 0.25) is 0 Å². The van der Waals surface area contributed by atoms with Gasteiger partial charge in [0.05, 0.1) is 18.9 Å². The van der Waals surface area contributed by atoms with Crippen molar-refractivity contribution in [2.75, 3.05) is 20.2 Å². The number of nitrogens with one attached hydrogen (secondary N) is 1. The summed E-state index contributed by atoms with van der Waals surface area (Å²) < 4.78 is 4.77. The number of hydrogen-bond donors (Lipinski definition) is 1.